The van der Waals surface area contributed by atoms with E-state index in [1.54, 1.807) is 0 Å². The molecule has 0 unspecified atom stereocenters. The molecule has 1 aromatic carbocycles. The highest BCUT2D eigenvalue weighted by molar-refractivity contribution is 5.78. The molecule has 0 saturated heterocycles. The molecular formula is C20H26N2O2. The fourth-order valence-corrected chi connectivity index (χ4v) is 3.96. The first-order valence-corrected chi connectivity index (χ1v) is 8.68. The third-order valence-corrected chi connectivity index (χ3v) is 5.16. The zero-order chi connectivity index (χ0) is 17.3. The third-order valence-electron chi connectivity index (χ3n) is 5.16. The van der Waals surface area contributed by atoms with Crippen molar-refractivity contribution in [2.75, 3.05) is 0 Å². The van der Waals surface area contributed by atoms with Gasteiger partial charge in [-0.25, -0.2) is 0 Å². The zero-order valence-corrected chi connectivity index (χ0v) is 15.0. The molecule has 0 bridgehead atoms. The molecule has 0 aliphatic heterocycles. The average molecular weight is 326 g/mol. The predicted molar refractivity (Wildman–Crippen MR) is 94.0 cm³/mol. The Hall–Kier alpha value is -2.10. The molecule has 1 N–H and O–H groups in total. The quantitative estimate of drug-likeness (QED) is 0.928. The number of carbonyl (C=O) groups is 1. The summed E-state index contributed by atoms with van der Waals surface area (Å²) in [6.45, 7) is 8.05. The van der Waals surface area contributed by atoms with Crippen LogP contribution in [0.15, 0.2) is 28.8 Å². The Morgan fingerprint density at radius 3 is 2.71 bits per heavy atom. The maximum absolute atomic E-state index is 12.6. The lowest BCUT2D eigenvalue weighted by Crippen LogP contribution is -2.50. The van der Waals surface area contributed by atoms with Crippen molar-refractivity contribution in [2.45, 2.75) is 64.8 Å². The molecule has 0 radical (unpaired) electrons. The highest BCUT2D eigenvalue weighted by Crippen LogP contribution is 2.30. The Bertz CT molecular complexity index is 730. The molecule has 1 amide bonds. The van der Waals surface area contributed by atoms with Gasteiger partial charge in [-0.05, 0) is 57.1 Å². The summed E-state index contributed by atoms with van der Waals surface area (Å²) in [5.41, 5.74) is 4.54. The van der Waals surface area contributed by atoms with Gasteiger partial charge in [0.05, 0.1) is 5.69 Å². The van der Waals surface area contributed by atoms with Gasteiger partial charge in [-0.2, -0.15) is 0 Å². The fraction of sp³-hybridized carbons (Fsp3) is 0.500. The van der Waals surface area contributed by atoms with Crippen molar-refractivity contribution in [3.63, 3.8) is 0 Å². The van der Waals surface area contributed by atoms with E-state index in [0.717, 1.165) is 36.3 Å². The van der Waals surface area contributed by atoms with Crippen molar-refractivity contribution in [3.05, 3.63) is 52.4 Å². The lowest BCUT2D eigenvalue weighted by Gasteiger charge is -2.36. The van der Waals surface area contributed by atoms with E-state index in [-0.39, 0.29) is 17.4 Å². The number of hydrogen-bond acceptors (Lipinski definition) is 3. The van der Waals surface area contributed by atoms with Gasteiger partial charge in [-0.3, -0.25) is 4.79 Å². The molecule has 128 valence electrons. The Kier molecular flexibility index (Phi) is 4.48. The Balaban J connectivity index is 1.65. The summed E-state index contributed by atoms with van der Waals surface area (Å²) in [6, 6.07) is 8.53. The normalized spacial score (nSPS) is 21.2. The minimum absolute atomic E-state index is 0.101. The van der Waals surface area contributed by atoms with Crippen molar-refractivity contribution in [1.29, 1.82) is 0 Å². The number of aromatic nitrogens is 1. The van der Waals surface area contributed by atoms with Gasteiger partial charge in [0.1, 0.15) is 5.76 Å². The average Bonchev–Trinajstić information content (AvgIpc) is 2.85. The van der Waals surface area contributed by atoms with Gasteiger partial charge in [0.2, 0.25) is 5.91 Å². The number of carbonyl (C=O) groups excluding carboxylic acids is 1. The molecule has 3 rings (SSSR count). The van der Waals surface area contributed by atoms with Crippen molar-refractivity contribution in [3.8, 4) is 0 Å². The van der Waals surface area contributed by atoms with Crippen LogP contribution in [-0.4, -0.2) is 16.6 Å². The lowest BCUT2D eigenvalue weighted by atomic mass is 9.79. The smallest absolute Gasteiger partial charge is 0.221 e. The summed E-state index contributed by atoms with van der Waals surface area (Å²) in [5, 5.41) is 7.27. The van der Waals surface area contributed by atoms with E-state index >= 15 is 0 Å². The van der Waals surface area contributed by atoms with E-state index in [4.69, 9.17) is 4.52 Å². The van der Waals surface area contributed by atoms with Crippen LogP contribution in [0, 0.1) is 13.8 Å². The predicted octanol–water partition coefficient (Wildman–Crippen LogP) is 3.85. The van der Waals surface area contributed by atoms with Crippen molar-refractivity contribution in [1.82, 2.24) is 10.5 Å². The summed E-state index contributed by atoms with van der Waals surface area (Å²) in [6.07, 6.45) is 3.36. The molecule has 4 heteroatoms. The first-order chi connectivity index (χ1) is 11.4. The van der Waals surface area contributed by atoms with Crippen LogP contribution in [0.25, 0.3) is 0 Å². The molecule has 1 aliphatic carbocycles. The molecule has 0 fully saturated rings. The van der Waals surface area contributed by atoms with Crippen LogP contribution < -0.4 is 5.32 Å². The van der Waals surface area contributed by atoms with Gasteiger partial charge in [0.25, 0.3) is 0 Å². The van der Waals surface area contributed by atoms with Crippen LogP contribution in [0.5, 0.6) is 0 Å². The number of benzene rings is 1. The fourth-order valence-electron chi connectivity index (χ4n) is 3.96. The van der Waals surface area contributed by atoms with E-state index in [2.05, 4.69) is 48.6 Å². The Morgan fingerprint density at radius 2 is 2.04 bits per heavy atom. The molecule has 1 aliphatic rings. The molecule has 4 nitrogen and oxygen atoms in total. The maximum Gasteiger partial charge on any atom is 0.221 e. The van der Waals surface area contributed by atoms with Gasteiger partial charge in [0.15, 0.2) is 0 Å². The Morgan fingerprint density at radius 1 is 1.33 bits per heavy atom. The topological polar surface area (TPSA) is 55.1 Å². The number of aryl methyl sites for hydroxylation is 3. The van der Waals surface area contributed by atoms with Crippen LogP contribution in [0.3, 0.4) is 0 Å². The third kappa shape index (κ3) is 3.37. The second kappa shape index (κ2) is 6.42. The minimum atomic E-state index is -0.163. The van der Waals surface area contributed by atoms with Crippen LogP contribution in [0.1, 0.15) is 60.8 Å². The number of nitrogens with one attached hydrogen (secondary N) is 1. The zero-order valence-electron chi connectivity index (χ0n) is 15.0. The molecule has 1 aromatic heterocycles. The molecule has 1 heterocycles. The highest BCUT2D eigenvalue weighted by atomic mass is 16.5. The first-order valence-electron chi connectivity index (χ1n) is 8.68. The molecule has 0 spiro atoms. The number of hydrogen-bond donors (Lipinski definition) is 1. The van der Waals surface area contributed by atoms with Crippen LogP contribution in [0.4, 0.5) is 0 Å². The van der Waals surface area contributed by atoms with Crippen molar-refractivity contribution < 1.29 is 9.32 Å². The van der Waals surface area contributed by atoms with Gasteiger partial charge in [-0.1, -0.05) is 36.3 Å². The number of rotatable bonds is 4. The monoisotopic (exact) mass is 326 g/mol. The van der Waals surface area contributed by atoms with Gasteiger partial charge < -0.3 is 9.84 Å². The summed E-state index contributed by atoms with van der Waals surface area (Å²) >= 11 is 0. The molecule has 2 aromatic rings. The summed E-state index contributed by atoms with van der Waals surface area (Å²) in [4.78, 5) is 12.6. The lowest BCUT2D eigenvalue weighted by molar-refractivity contribution is -0.123. The van der Waals surface area contributed by atoms with Gasteiger partial charge in [0, 0.05) is 17.5 Å². The standard InChI is InChI=1S/C20H26N2O2/c1-13(19-14(2)22-24-15(19)3)11-18(23)21-20(4)10-9-16-7-5-6-8-17(16)12-20/h5-8,13H,9-12H2,1-4H3,(H,21,23)/t13-,20+/m1/s1. The SMILES string of the molecule is Cc1noc(C)c1[C@H](C)CC(=O)N[C@@]1(C)CCc2ccccc2C1. The van der Waals surface area contributed by atoms with E-state index in [1.807, 2.05) is 13.8 Å². The maximum atomic E-state index is 12.6. The van der Waals surface area contributed by atoms with Gasteiger partial charge in [-0.15, -0.1) is 0 Å². The largest absolute Gasteiger partial charge is 0.361 e. The molecular weight excluding hydrogens is 300 g/mol. The number of fused-ring (bicyclic) bond motifs is 1. The van der Waals surface area contributed by atoms with Crippen molar-refractivity contribution in [2.24, 2.45) is 0 Å². The second-order valence-corrected chi connectivity index (χ2v) is 7.40. The molecule has 24 heavy (non-hydrogen) atoms. The van der Waals surface area contributed by atoms with Crippen LogP contribution >= 0.6 is 0 Å². The van der Waals surface area contributed by atoms with E-state index in [1.165, 1.54) is 11.1 Å². The number of nitrogens with zero attached hydrogens (tertiary/aromatic N) is 1. The summed E-state index contributed by atoms with van der Waals surface area (Å²) in [5.74, 6) is 1.02. The van der Waals surface area contributed by atoms with Crippen LogP contribution in [0.2, 0.25) is 0 Å². The van der Waals surface area contributed by atoms with Gasteiger partial charge >= 0.3 is 0 Å². The Labute approximate surface area is 143 Å². The van der Waals surface area contributed by atoms with E-state index in [0.29, 0.717) is 6.42 Å². The first kappa shape index (κ1) is 16.7. The molecule has 0 saturated carbocycles. The van der Waals surface area contributed by atoms with E-state index < -0.39 is 0 Å². The van der Waals surface area contributed by atoms with Crippen LogP contribution in [-0.2, 0) is 17.6 Å². The summed E-state index contributed by atoms with van der Waals surface area (Å²) < 4.78 is 5.23. The van der Waals surface area contributed by atoms with E-state index in [9.17, 15) is 4.79 Å². The minimum Gasteiger partial charge on any atom is -0.361 e. The molecule has 2 atom stereocenters. The second-order valence-electron chi connectivity index (χ2n) is 7.40. The van der Waals surface area contributed by atoms with Crippen molar-refractivity contribution >= 4 is 5.91 Å². The highest BCUT2D eigenvalue weighted by Gasteiger charge is 2.31. The summed E-state index contributed by atoms with van der Waals surface area (Å²) in [7, 11) is 0. The number of amides is 1.